The quantitative estimate of drug-likeness (QED) is 0.474. The molecular formula is C21H22N4O3S. The lowest BCUT2D eigenvalue weighted by atomic mass is 10.1. The van der Waals surface area contributed by atoms with E-state index in [1.165, 1.54) is 11.8 Å². The molecule has 2 aromatic carbocycles. The third-order valence-electron chi connectivity index (χ3n) is 4.08. The van der Waals surface area contributed by atoms with E-state index >= 15 is 0 Å². The molecule has 1 heterocycles. The Kier molecular flexibility index (Phi) is 6.56. The molecule has 3 rings (SSSR count). The SMILES string of the molecule is CCOc1cc(/C=N/n2c(=S)[nH]nc(C)c2=O)ccc1OCc1cccc(C)c1. The van der Waals surface area contributed by atoms with Gasteiger partial charge >= 0.3 is 0 Å². The molecule has 150 valence electrons. The predicted octanol–water partition coefficient (Wildman–Crippen LogP) is 3.78. The maximum Gasteiger partial charge on any atom is 0.296 e. The molecule has 8 heteroatoms. The van der Waals surface area contributed by atoms with Crippen LogP contribution < -0.4 is 15.0 Å². The minimum atomic E-state index is -0.367. The van der Waals surface area contributed by atoms with Crippen molar-refractivity contribution in [2.45, 2.75) is 27.4 Å². The standard InChI is InChI=1S/C21H22N4O3S/c1-4-27-19-11-16(12-22-25-20(26)15(3)23-24-21(25)29)8-9-18(19)28-13-17-7-5-6-14(2)10-17/h5-12H,4,13H2,1-3H3,(H,24,29)/b22-12+. The molecule has 0 radical (unpaired) electrons. The molecular weight excluding hydrogens is 388 g/mol. The molecule has 1 aromatic heterocycles. The van der Waals surface area contributed by atoms with E-state index in [9.17, 15) is 4.79 Å². The van der Waals surface area contributed by atoms with Gasteiger partial charge in [-0.15, -0.1) is 0 Å². The van der Waals surface area contributed by atoms with E-state index in [0.717, 1.165) is 15.8 Å². The lowest BCUT2D eigenvalue weighted by Crippen LogP contribution is -2.22. The monoisotopic (exact) mass is 410 g/mol. The van der Waals surface area contributed by atoms with Crippen LogP contribution in [0, 0.1) is 18.6 Å². The van der Waals surface area contributed by atoms with Gasteiger partial charge in [0, 0.05) is 0 Å². The van der Waals surface area contributed by atoms with Gasteiger partial charge in [-0.2, -0.15) is 14.9 Å². The number of aryl methyl sites for hydroxylation is 2. The minimum absolute atomic E-state index is 0.125. The van der Waals surface area contributed by atoms with Gasteiger partial charge in [-0.3, -0.25) is 9.89 Å². The van der Waals surface area contributed by atoms with Crippen LogP contribution in [0.3, 0.4) is 0 Å². The Morgan fingerprint density at radius 1 is 1.17 bits per heavy atom. The first-order chi connectivity index (χ1) is 14.0. The summed E-state index contributed by atoms with van der Waals surface area (Å²) in [6.45, 7) is 6.48. The first-order valence-corrected chi connectivity index (χ1v) is 9.56. The van der Waals surface area contributed by atoms with E-state index in [1.54, 1.807) is 6.92 Å². The predicted molar refractivity (Wildman–Crippen MR) is 115 cm³/mol. The number of nitrogens with zero attached hydrogens (tertiary/aromatic N) is 3. The van der Waals surface area contributed by atoms with Crippen LogP contribution in [-0.2, 0) is 6.61 Å². The van der Waals surface area contributed by atoms with E-state index in [2.05, 4.69) is 21.4 Å². The Labute approximate surface area is 173 Å². The number of H-pyrrole nitrogens is 1. The summed E-state index contributed by atoms with van der Waals surface area (Å²) in [6.07, 6.45) is 1.54. The lowest BCUT2D eigenvalue weighted by molar-refractivity contribution is 0.269. The minimum Gasteiger partial charge on any atom is -0.490 e. The summed E-state index contributed by atoms with van der Waals surface area (Å²) in [6, 6.07) is 13.6. The smallest absolute Gasteiger partial charge is 0.296 e. The molecule has 29 heavy (non-hydrogen) atoms. The van der Waals surface area contributed by atoms with Gasteiger partial charge in [0.2, 0.25) is 4.77 Å². The summed E-state index contributed by atoms with van der Waals surface area (Å²) < 4.78 is 12.9. The van der Waals surface area contributed by atoms with E-state index < -0.39 is 0 Å². The Hall–Kier alpha value is -3.26. The van der Waals surface area contributed by atoms with Gasteiger partial charge in [0.05, 0.1) is 12.8 Å². The van der Waals surface area contributed by atoms with Crippen molar-refractivity contribution in [3.8, 4) is 11.5 Å². The van der Waals surface area contributed by atoms with Crippen molar-refractivity contribution in [3.63, 3.8) is 0 Å². The van der Waals surface area contributed by atoms with Crippen LogP contribution in [0.4, 0.5) is 0 Å². The Bertz CT molecular complexity index is 1150. The summed E-state index contributed by atoms with van der Waals surface area (Å²) in [5.41, 5.74) is 2.92. The topological polar surface area (TPSA) is 81.5 Å². The van der Waals surface area contributed by atoms with Crippen molar-refractivity contribution in [2.24, 2.45) is 5.10 Å². The molecule has 0 fully saturated rings. The van der Waals surface area contributed by atoms with Crippen LogP contribution >= 0.6 is 12.2 Å². The number of aromatic nitrogens is 3. The largest absolute Gasteiger partial charge is 0.490 e. The maximum atomic E-state index is 12.1. The van der Waals surface area contributed by atoms with Crippen molar-refractivity contribution in [2.75, 3.05) is 6.61 Å². The summed E-state index contributed by atoms with van der Waals surface area (Å²) in [5, 5.41) is 10.6. The van der Waals surface area contributed by atoms with Gasteiger partial charge < -0.3 is 9.47 Å². The third kappa shape index (κ3) is 5.17. The normalized spacial score (nSPS) is 11.0. The number of hydrogen-bond donors (Lipinski definition) is 1. The van der Waals surface area contributed by atoms with E-state index in [-0.39, 0.29) is 16.0 Å². The summed E-state index contributed by atoms with van der Waals surface area (Å²) >= 11 is 5.08. The fraction of sp³-hybridized carbons (Fsp3) is 0.238. The van der Waals surface area contributed by atoms with Gasteiger partial charge in [-0.1, -0.05) is 29.8 Å². The van der Waals surface area contributed by atoms with Gasteiger partial charge in [0.25, 0.3) is 5.56 Å². The Morgan fingerprint density at radius 2 is 2.00 bits per heavy atom. The second-order valence-corrected chi connectivity index (χ2v) is 6.78. The van der Waals surface area contributed by atoms with Crippen molar-refractivity contribution < 1.29 is 9.47 Å². The average Bonchev–Trinajstić information content (AvgIpc) is 2.70. The van der Waals surface area contributed by atoms with Crippen LogP contribution in [-0.4, -0.2) is 27.7 Å². The summed E-state index contributed by atoms with van der Waals surface area (Å²) in [4.78, 5) is 12.1. The molecule has 0 saturated heterocycles. The van der Waals surface area contributed by atoms with Crippen LogP contribution in [0.1, 0.15) is 29.3 Å². The zero-order valence-corrected chi connectivity index (χ0v) is 17.3. The third-order valence-corrected chi connectivity index (χ3v) is 4.34. The van der Waals surface area contributed by atoms with Crippen molar-refractivity contribution >= 4 is 18.4 Å². The zero-order valence-electron chi connectivity index (χ0n) is 16.5. The van der Waals surface area contributed by atoms with Gasteiger partial charge in [-0.05, 0) is 62.3 Å². The number of nitrogens with one attached hydrogen (secondary N) is 1. The summed E-state index contributed by atoms with van der Waals surface area (Å²) in [5.74, 6) is 1.24. The fourth-order valence-electron chi connectivity index (χ4n) is 2.66. The number of hydrogen-bond acceptors (Lipinski definition) is 6. The number of ether oxygens (including phenoxy) is 2. The fourth-order valence-corrected chi connectivity index (χ4v) is 2.83. The molecule has 0 aliphatic rings. The van der Waals surface area contributed by atoms with Crippen LogP contribution in [0.15, 0.2) is 52.4 Å². The molecule has 3 aromatic rings. The Balaban J connectivity index is 1.83. The first-order valence-electron chi connectivity index (χ1n) is 9.16. The van der Waals surface area contributed by atoms with Gasteiger partial charge in [-0.25, -0.2) is 0 Å². The molecule has 7 nitrogen and oxygen atoms in total. The summed E-state index contributed by atoms with van der Waals surface area (Å²) in [7, 11) is 0. The highest BCUT2D eigenvalue weighted by atomic mass is 32.1. The Morgan fingerprint density at radius 3 is 2.76 bits per heavy atom. The molecule has 0 unspecified atom stereocenters. The highest BCUT2D eigenvalue weighted by molar-refractivity contribution is 7.71. The highest BCUT2D eigenvalue weighted by Crippen LogP contribution is 2.29. The molecule has 0 aliphatic heterocycles. The molecule has 0 bridgehead atoms. The number of aromatic amines is 1. The zero-order chi connectivity index (χ0) is 20.8. The van der Waals surface area contributed by atoms with E-state index in [4.69, 9.17) is 21.7 Å². The second kappa shape index (κ2) is 9.29. The van der Waals surface area contributed by atoms with E-state index in [0.29, 0.717) is 24.7 Å². The molecule has 0 aliphatic carbocycles. The first kappa shape index (κ1) is 20.5. The van der Waals surface area contributed by atoms with Crippen LogP contribution in [0.2, 0.25) is 0 Å². The number of benzene rings is 2. The second-order valence-electron chi connectivity index (χ2n) is 6.39. The molecule has 1 N–H and O–H groups in total. The lowest BCUT2D eigenvalue weighted by Gasteiger charge is -2.13. The van der Waals surface area contributed by atoms with Gasteiger partial charge in [0.15, 0.2) is 11.5 Å². The molecule has 0 atom stereocenters. The maximum absolute atomic E-state index is 12.1. The highest BCUT2D eigenvalue weighted by Gasteiger charge is 2.07. The molecule has 0 saturated carbocycles. The van der Waals surface area contributed by atoms with Crippen LogP contribution in [0.25, 0.3) is 0 Å². The van der Waals surface area contributed by atoms with E-state index in [1.807, 2.05) is 50.2 Å². The van der Waals surface area contributed by atoms with Gasteiger partial charge in [0.1, 0.15) is 12.3 Å². The van der Waals surface area contributed by atoms with Crippen molar-refractivity contribution in [1.82, 2.24) is 14.9 Å². The number of rotatable bonds is 7. The van der Waals surface area contributed by atoms with Crippen molar-refractivity contribution in [3.05, 3.63) is 80.0 Å². The molecule has 0 spiro atoms. The van der Waals surface area contributed by atoms with Crippen molar-refractivity contribution in [1.29, 1.82) is 0 Å². The van der Waals surface area contributed by atoms with Crippen LogP contribution in [0.5, 0.6) is 11.5 Å². The average molecular weight is 410 g/mol. The molecule has 0 amide bonds.